The van der Waals surface area contributed by atoms with Gasteiger partial charge in [0.1, 0.15) is 48.0 Å². The second-order valence-corrected chi connectivity index (χ2v) is 17.9. The first-order chi connectivity index (χ1) is 29.0. The zero-order chi connectivity index (χ0) is 47.0. The number of carboxylic acid groups (broad SMARTS) is 1. The predicted molar refractivity (Wildman–Crippen MR) is 237 cm³/mol. The number of carbonyl (C=O) groups is 8. The number of carbonyl (C=O) groups excluding carboxylic acids is 7. The molecule has 0 saturated carbocycles. The summed E-state index contributed by atoms with van der Waals surface area (Å²) in [6, 6.07) is -3.34. The summed E-state index contributed by atoms with van der Waals surface area (Å²) in [4.78, 5) is 108. The van der Waals surface area contributed by atoms with Crippen LogP contribution < -0.4 is 37.6 Å². The molecule has 1 aliphatic heterocycles. The highest BCUT2D eigenvalue weighted by Gasteiger charge is 2.41. The van der Waals surface area contributed by atoms with Gasteiger partial charge in [-0.2, -0.15) is 24.4 Å². The van der Waals surface area contributed by atoms with Crippen LogP contribution in [0.5, 0.6) is 5.75 Å². The summed E-state index contributed by atoms with van der Waals surface area (Å²) in [5, 5.41) is 45.0. The smallest absolute Gasteiger partial charge is 0.327 e. The van der Waals surface area contributed by atoms with Gasteiger partial charge >= 0.3 is 5.97 Å². The van der Waals surface area contributed by atoms with Crippen molar-refractivity contribution in [1.82, 2.24) is 36.8 Å². The van der Waals surface area contributed by atoms with Gasteiger partial charge in [0.25, 0.3) is 0 Å². The lowest BCUT2D eigenvalue weighted by Crippen LogP contribution is -2.63. The molecule has 1 aliphatic rings. The van der Waals surface area contributed by atoms with E-state index in [0.29, 0.717) is 17.7 Å². The molecule has 7 amide bonds. The quantitative estimate of drug-likeness (QED) is 0.0572. The first-order valence-electron chi connectivity index (χ1n) is 20.7. The second kappa shape index (κ2) is 25.5. The molecule has 1 aromatic rings. The number of nitrogens with one attached hydrogen (secondary N) is 6. The number of carboxylic acids is 1. The summed E-state index contributed by atoms with van der Waals surface area (Å²) in [5.74, 6) is -7.45. The lowest BCUT2D eigenvalue weighted by Gasteiger charge is -2.33. The highest BCUT2D eigenvalue weighted by atomic mass is 32.2. The number of aliphatic hydroxyl groups is 1. The number of hydrogen-bond donors (Lipinski definition) is 11. The van der Waals surface area contributed by atoms with Gasteiger partial charge in [-0.25, -0.2) is 4.79 Å². The molecule has 9 atom stereocenters. The number of thiol groups is 1. The van der Waals surface area contributed by atoms with Crippen LogP contribution in [0.3, 0.4) is 0 Å². The number of amides is 7. The van der Waals surface area contributed by atoms with Crippen LogP contribution in [0.15, 0.2) is 24.3 Å². The maximum absolute atomic E-state index is 13.9. The minimum absolute atomic E-state index is 0.0648. The SMILES string of the molecule is CSCC[C@H](NC(=O)[C@@H](NC(=O)[C@@H](NC(=O)[C@@H](NC(=O)[C@@H]1CCCN1C(=O)[C@@H](NC(=O)[C@@H](N)Cc1ccc(O)cc1)C(C)C)C(C)C)[C@@H](C)O)C(C)C)C(=O)N[C@@H](CS)C(=O)O. The zero-order valence-electron chi connectivity index (χ0n) is 36.7. The van der Waals surface area contributed by atoms with Gasteiger partial charge in [0.2, 0.25) is 41.4 Å². The molecule has 1 saturated heterocycles. The van der Waals surface area contributed by atoms with Crippen LogP contribution in [0.25, 0.3) is 0 Å². The topological polar surface area (TPSA) is 299 Å². The average molecular weight is 911 g/mol. The van der Waals surface area contributed by atoms with Gasteiger partial charge < -0.3 is 57.9 Å². The molecular formula is C41H66N8O11S2. The fourth-order valence-corrected chi connectivity index (χ4v) is 7.39. The van der Waals surface area contributed by atoms with E-state index in [1.165, 1.54) is 35.7 Å². The number of phenols is 1. The molecule has 1 aromatic carbocycles. The lowest BCUT2D eigenvalue weighted by atomic mass is 9.99. The van der Waals surface area contributed by atoms with Crippen molar-refractivity contribution < 1.29 is 53.7 Å². The molecule has 0 spiro atoms. The monoisotopic (exact) mass is 910 g/mol. The number of phenolic OH excluding ortho intramolecular Hbond substituents is 1. The van der Waals surface area contributed by atoms with Gasteiger partial charge in [-0.15, -0.1) is 0 Å². The first-order valence-corrected chi connectivity index (χ1v) is 22.7. The molecular weight excluding hydrogens is 845 g/mol. The van der Waals surface area contributed by atoms with Gasteiger partial charge in [-0.05, 0) is 80.1 Å². The molecule has 21 heteroatoms. The van der Waals surface area contributed by atoms with Crippen molar-refractivity contribution in [3.63, 3.8) is 0 Å². The number of nitrogens with two attached hydrogens (primary N) is 1. The summed E-state index contributed by atoms with van der Waals surface area (Å²) in [7, 11) is 0. The largest absolute Gasteiger partial charge is 0.508 e. The highest BCUT2D eigenvalue weighted by Crippen LogP contribution is 2.22. The number of aliphatic carboxylic acids is 1. The Morgan fingerprint density at radius 3 is 1.76 bits per heavy atom. The Hall–Kier alpha value is -4.60. The standard InChI is InChI=1S/C41H66N8O11S2/c1-20(2)30(37(55)43-27(15-17-62-8)35(53)44-28(19-61)41(59)60)46-39(57)33(23(7)50)48-38(56)31(21(3)4)45-36(54)29-10-9-16-49(29)40(58)32(22(5)6)47-34(52)26(42)18-24-11-13-25(51)14-12-24/h11-14,20-23,26-33,50-51,61H,9-10,15-19,42H2,1-8H3,(H,43,55)(H,44,53)(H,45,54)(H,46,57)(H,47,52)(H,48,56)(H,59,60)/t23-,26+,27+,28+,29+,30+,31+,32+,33+/m1/s1. The molecule has 0 unspecified atom stereocenters. The zero-order valence-corrected chi connectivity index (χ0v) is 38.4. The Balaban J connectivity index is 2.19. The molecule has 348 valence electrons. The molecule has 0 aliphatic carbocycles. The minimum Gasteiger partial charge on any atom is -0.508 e. The second-order valence-electron chi connectivity index (χ2n) is 16.5. The van der Waals surface area contributed by atoms with Crippen molar-refractivity contribution in [2.45, 2.75) is 129 Å². The summed E-state index contributed by atoms with van der Waals surface area (Å²) in [6.07, 6.45) is 1.35. The fraction of sp³-hybridized carbons (Fsp3) is 0.659. The van der Waals surface area contributed by atoms with Gasteiger partial charge in [0, 0.05) is 12.3 Å². The van der Waals surface area contributed by atoms with E-state index in [1.54, 1.807) is 59.9 Å². The predicted octanol–water partition coefficient (Wildman–Crippen LogP) is -0.722. The van der Waals surface area contributed by atoms with Gasteiger partial charge in [-0.3, -0.25) is 33.6 Å². The number of thioether (sulfide) groups is 1. The highest BCUT2D eigenvalue weighted by molar-refractivity contribution is 7.98. The normalized spacial score (nSPS) is 17.8. The van der Waals surface area contributed by atoms with Crippen LogP contribution in [0.4, 0.5) is 0 Å². The van der Waals surface area contributed by atoms with E-state index >= 15 is 0 Å². The Morgan fingerprint density at radius 2 is 1.24 bits per heavy atom. The van der Waals surface area contributed by atoms with E-state index in [1.807, 2.05) is 0 Å². The van der Waals surface area contributed by atoms with Gasteiger partial charge in [0.15, 0.2) is 0 Å². The number of nitrogens with zero attached hydrogens (tertiary/aromatic N) is 1. The first kappa shape index (κ1) is 53.5. The van der Waals surface area contributed by atoms with Gasteiger partial charge in [0.05, 0.1) is 12.1 Å². The summed E-state index contributed by atoms with van der Waals surface area (Å²) >= 11 is 5.36. The van der Waals surface area contributed by atoms with Crippen LogP contribution in [0.2, 0.25) is 0 Å². The number of hydrogen-bond acceptors (Lipinski definition) is 13. The molecule has 2 rings (SSSR count). The summed E-state index contributed by atoms with van der Waals surface area (Å²) < 4.78 is 0. The molecule has 62 heavy (non-hydrogen) atoms. The van der Waals surface area contributed by atoms with Crippen LogP contribution >= 0.6 is 24.4 Å². The molecule has 0 bridgehead atoms. The third-order valence-corrected chi connectivity index (χ3v) is 11.4. The molecule has 0 radical (unpaired) electrons. The molecule has 0 aromatic heterocycles. The number of benzene rings is 1. The number of rotatable bonds is 24. The Morgan fingerprint density at radius 1 is 0.742 bits per heavy atom. The Kier molecular flexibility index (Phi) is 22.0. The van der Waals surface area contributed by atoms with E-state index in [4.69, 9.17) is 5.73 Å². The summed E-state index contributed by atoms with van der Waals surface area (Å²) in [5.41, 5.74) is 6.88. The Labute approximate surface area is 373 Å². The lowest BCUT2D eigenvalue weighted by molar-refractivity contribution is -0.143. The minimum atomic E-state index is -1.60. The maximum atomic E-state index is 13.9. The van der Waals surface area contributed by atoms with E-state index in [0.717, 1.165) is 0 Å². The van der Waals surface area contributed by atoms with E-state index in [2.05, 4.69) is 44.5 Å². The Bertz CT molecular complexity index is 1720. The van der Waals surface area contributed by atoms with Crippen LogP contribution in [0.1, 0.15) is 73.3 Å². The van der Waals surface area contributed by atoms with Crippen LogP contribution in [0, 0.1) is 17.8 Å². The number of aromatic hydroxyl groups is 1. The van der Waals surface area contributed by atoms with Gasteiger partial charge in [-0.1, -0.05) is 53.7 Å². The van der Waals surface area contributed by atoms with Crippen LogP contribution in [-0.2, 0) is 44.8 Å². The molecule has 1 heterocycles. The van der Waals surface area contributed by atoms with Crippen molar-refractivity contribution in [3.8, 4) is 5.75 Å². The van der Waals surface area contributed by atoms with Crippen molar-refractivity contribution in [2.24, 2.45) is 23.5 Å². The molecule has 11 N–H and O–H groups in total. The number of likely N-dealkylation sites (tertiary alicyclic amines) is 1. The van der Waals surface area contributed by atoms with E-state index in [-0.39, 0.29) is 43.2 Å². The van der Waals surface area contributed by atoms with Crippen LogP contribution in [-0.4, -0.2) is 146 Å². The third kappa shape index (κ3) is 15.9. The molecule has 1 fully saturated rings. The van der Waals surface area contributed by atoms with E-state index < -0.39 is 114 Å². The van der Waals surface area contributed by atoms with E-state index in [9.17, 15) is 53.7 Å². The maximum Gasteiger partial charge on any atom is 0.327 e. The van der Waals surface area contributed by atoms with Crippen molar-refractivity contribution in [1.29, 1.82) is 0 Å². The van der Waals surface area contributed by atoms with Crippen molar-refractivity contribution in [2.75, 3.05) is 24.3 Å². The third-order valence-electron chi connectivity index (χ3n) is 10.4. The average Bonchev–Trinajstić information content (AvgIpc) is 3.70. The fourth-order valence-electron chi connectivity index (χ4n) is 6.67. The molecule has 19 nitrogen and oxygen atoms in total. The van der Waals surface area contributed by atoms with Crippen molar-refractivity contribution in [3.05, 3.63) is 29.8 Å². The van der Waals surface area contributed by atoms with Crippen molar-refractivity contribution >= 4 is 71.7 Å². The summed E-state index contributed by atoms with van der Waals surface area (Å²) in [6.45, 7) is 11.5. The number of aliphatic hydroxyl groups excluding tert-OH is 1.